The maximum absolute atomic E-state index is 13.0. The first-order valence-electron chi connectivity index (χ1n) is 6.21. The number of halogens is 2. The van der Waals surface area contributed by atoms with Crippen molar-refractivity contribution in [1.29, 1.82) is 0 Å². The third-order valence-corrected chi connectivity index (χ3v) is 2.90. The van der Waals surface area contributed by atoms with Gasteiger partial charge in [-0.2, -0.15) is 0 Å². The minimum atomic E-state index is -0.587. The molecule has 2 rings (SSSR count). The topological polar surface area (TPSA) is 52.5 Å². The van der Waals surface area contributed by atoms with Crippen LogP contribution >= 0.6 is 0 Å². The van der Waals surface area contributed by atoms with Crippen molar-refractivity contribution in [2.75, 3.05) is 6.54 Å². The van der Waals surface area contributed by atoms with Gasteiger partial charge in [-0.1, -0.05) is 6.07 Å². The van der Waals surface area contributed by atoms with Crippen LogP contribution in [0.3, 0.4) is 0 Å². The molecule has 0 spiro atoms. The first-order chi connectivity index (χ1) is 9.54. The van der Waals surface area contributed by atoms with E-state index in [1.54, 1.807) is 6.07 Å². The predicted molar refractivity (Wildman–Crippen MR) is 71.5 cm³/mol. The molecule has 0 aliphatic heterocycles. The summed E-state index contributed by atoms with van der Waals surface area (Å²) in [6.07, 6.45) is 0.480. The van der Waals surface area contributed by atoms with Gasteiger partial charge in [-0.3, -0.25) is 0 Å². The lowest BCUT2D eigenvalue weighted by molar-refractivity contribution is 0.444. The highest BCUT2D eigenvalue weighted by atomic mass is 19.1. The summed E-state index contributed by atoms with van der Waals surface area (Å²) >= 11 is 0. The summed E-state index contributed by atoms with van der Waals surface area (Å²) < 4.78 is 26.0. The Morgan fingerprint density at radius 2 is 1.65 bits per heavy atom. The summed E-state index contributed by atoms with van der Waals surface area (Å²) in [5.41, 5.74) is 1.22. The summed E-state index contributed by atoms with van der Waals surface area (Å²) in [5.74, 6) is -1.16. The van der Waals surface area contributed by atoms with Crippen LogP contribution in [0.15, 0.2) is 36.4 Å². The van der Waals surface area contributed by atoms with Crippen LogP contribution in [0.5, 0.6) is 11.5 Å². The molecule has 0 aliphatic carbocycles. The van der Waals surface area contributed by atoms with Crippen molar-refractivity contribution < 1.29 is 19.0 Å². The van der Waals surface area contributed by atoms with Crippen molar-refractivity contribution in [3.63, 3.8) is 0 Å². The zero-order valence-corrected chi connectivity index (χ0v) is 10.7. The predicted octanol–water partition coefficient (Wildman–Crippen LogP) is 2.71. The largest absolute Gasteiger partial charge is 0.508 e. The highest BCUT2D eigenvalue weighted by Crippen LogP contribution is 2.22. The molecular weight excluding hydrogens is 264 g/mol. The number of phenolic OH excluding ortho intramolecular Hbond substituents is 2. The molecule has 0 saturated heterocycles. The molecule has 3 nitrogen and oxygen atoms in total. The molecule has 0 aliphatic rings. The average molecular weight is 279 g/mol. The van der Waals surface area contributed by atoms with E-state index >= 15 is 0 Å². The fourth-order valence-corrected chi connectivity index (χ4v) is 1.91. The van der Waals surface area contributed by atoms with Crippen LogP contribution in [0.1, 0.15) is 11.1 Å². The molecule has 0 fully saturated rings. The SMILES string of the molecule is Oc1ccc(CNCCc2cc(F)cc(F)c2)c(O)c1. The number of nitrogens with one attached hydrogen (secondary N) is 1. The molecule has 0 aromatic heterocycles. The van der Waals surface area contributed by atoms with E-state index in [1.165, 1.54) is 24.3 Å². The lowest BCUT2D eigenvalue weighted by Crippen LogP contribution is -2.16. The second-order valence-electron chi connectivity index (χ2n) is 4.52. The zero-order valence-electron chi connectivity index (χ0n) is 10.7. The summed E-state index contributed by atoms with van der Waals surface area (Å²) in [5, 5.41) is 21.8. The van der Waals surface area contributed by atoms with Crippen LogP contribution in [0.25, 0.3) is 0 Å². The number of rotatable bonds is 5. The van der Waals surface area contributed by atoms with E-state index in [4.69, 9.17) is 5.11 Å². The smallest absolute Gasteiger partial charge is 0.126 e. The molecule has 0 bridgehead atoms. The van der Waals surface area contributed by atoms with Gasteiger partial charge in [0.05, 0.1) is 0 Å². The quantitative estimate of drug-likeness (QED) is 0.738. The maximum atomic E-state index is 13.0. The van der Waals surface area contributed by atoms with E-state index in [0.29, 0.717) is 30.6 Å². The Balaban J connectivity index is 1.84. The average Bonchev–Trinajstić information content (AvgIpc) is 2.35. The van der Waals surface area contributed by atoms with Crippen LogP contribution in [-0.2, 0) is 13.0 Å². The summed E-state index contributed by atoms with van der Waals surface area (Å²) in [4.78, 5) is 0. The van der Waals surface area contributed by atoms with Gasteiger partial charge in [0.2, 0.25) is 0 Å². The third-order valence-electron chi connectivity index (χ3n) is 2.90. The monoisotopic (exact) mass is 279 g/mol. The van der Waals surface area contributed by atoms with Crippen LogP contribution in [0, 0.1) is 11.6 Å². The molecule has 2 aromatic carbocycles. The molecule has 20 heavy (non-hydrogen) atoms. The molecule has 106 valence electrons. The number of hydrogen-bond acceptors (Lipinski definition) is 3. The highest BCUT2D eigenvalue weighted by molar-refractivity contribution is 5.38. The van der Waals surface area contributed by atoms with Crippen molar-refractivity contribution in [3.8, 4) is 11.5 Å². The summed E-state index contributed by atoms with van der Waals surface area (Å²) in [7, 11) is 0. The second kappa shape index (κ2) is 6.34. The summed E-state index contributed by atoms with van der Waals surface area (Å²) in [6, 6.07) is 7.79. The van der Waals surface area contributed by atoms with Crippen molar-refractivity contribution in [2.45, 2.75) is 13.0 Å². The molecule has 0 radical (unpaired) electrons. The Labute approximate surface area is 115 Å². The van der Waals surface area contributed by atoms with Crippen LogP contribution < -0.4 is 5.32 Å². The van der Waals surface area contributed by atoms with E-state index in [-0.39, 0.29) is 11.5 Å². The van der Waals surface area contributed by atoms with Gasteiger partial charge < -0.3 is 15.5 Å². The van der Waals surface area contributed by atoms with Gasteiger partial charge in [-0.25, -0.2) is 8.78 Å². The molecular formula is C15H15F2NO2. The Kier molecular flexibility index (Phi) is 4.53. The highest BCUT2D eigenvalue weighted by Gasteiger charge is 2.03. The number of hydrogen-bond donors (Lipinski definition) is 3. The van der Waals surface area contributed by atoms with Crippen LogP contribution in [0.4, 0.5) is 8.78 Å². The van der Waals surface area contributed by atoms with Gasteiger partial charge in [0.25, 0.3) is 0 Å². The molecule has 5 heteroatoms. The van der Waals surface area contributed by atoms with E-state index in [9.17, 15) is 13.9 Å². The second-order valence-corrected chi connectivity index (χ2v) is 4.52. The Hall–Kier alpha value is -2.14. The first-order valence-corrected chi connectivity index (χ1v) is 6.21. The van der Waals surface area contributed by atoms with Crippen LogP contribution in [0.2, 0.25) is 0 Å². The minimum absolute atomic E-state index is 0.00138. The molecule has 0 amide bonds. The molecule has 0 unspecified atom stereocenters. The first kappa shape index (κ1) is 14.3. The van der Waals surface area contributed by atoms with E-state index in [1.807, 2.05) is 0 Å². The van der Waals surface area contributed by atoms with Gasteiger partial charge in [-0.05, 0) is 36.7 Å². The van der Waals surface area contributed by atoms with Crippen molar-refractivity contribution >= 4 is 0 Å². The van der Waals surface area contributed by atoms with Crippen LogP contribution in [-0.4, -0.2) is 16.8 Å². The van der Waals surface area contributed by atoms with Crippen molar-refractivity contribution in [1.82, 2.24) is 5.32 Å². The lowest BCUT2D eigenvalue weighted by atomic mass is 10.1. The van der Waals surface area contributed by atoms with E-state index in [0.717, 1.165) is 6.07 Å². The maximum Gasteiger partial charge on any atom is 0.126 e. The molecule has 0 atom stereocenters. The van der Waals surface area contributed by atoms with Gasteiger partial charge >= 0.3 is 0 Å². The zero-order chi connectivity index (χ0) is 14.5. The van der Waals surface area contributed by atoms with E-state index in [2.05, 4.69) is 5.32 Å². The molecule has 0 saturated carbocycles. The number of aromatic hydroxyl groups is 2. The van der Waals surface area contributed by atoms with Gasteiger partial charge in [0.15, 0.2) is 0 Å². The fourth-order valence-electron chi connectivity index (χ4n) is 1.91. The van der Waals surface area contributed by atoms with E-state index < -0.39 is 11.6 Å². The standard InChI is InChI=1S/C15H15F2NO2/c16-12-5-10(6-13(17)7-12)3-4-18-9-11-1-2-14(19)8-15(11)20/h1-2,5-8,18-20H,3-4,9H2. The number of benzene rings is 2. The Bertz CT molecular complexity index is 582. The molecule has 2 aromatic rings. The third kappa shape index (κ3) is 3.93. The summed E-state index contributed by atoms with van der Waals surface area (Å²) in [6.45, 7) is 0.924. The Morgan fingerprint density at radius 3 is 2.30 bits per heavy atom. The fraction of sp³-hybridized carbons (Fsp3) is 0.200. The Morgan fingerprint density at radius 1 is 0.950 bits per heavy atom. The van der Waals surface area contributed by atoms with Gasteiger partial charge in [0.1, 0.15) is 23.1 Å². The number of phenols is 2. The minimum Gasteiger partial charge on any atom is -0.508 e. The molecule has 3 N–H and O–H groups in total. The van der Waals surface area contributed by atoms with Gasteiger partial charge in [-0.15, -0.1) is 0 Å². The normalized spacial score (nSPS) is 10.7. The molecule has 0 heterocycles. The van der Waals surface area contributed by atoms with Gasteiger partial charge in [0, 0.05) is 24.2 Å². The van der Waals surface area contributed by atoms with Crippen molar-refractivity contribution in [2.24, 2.45) is 0 Å². The van der Waals surface area contributed by atoms with Crippen molar-refractivity contribution in [3.05, 3.63) is 59.2 Å². The lowest BCUT2D eigenvalue weighted by Gasteiger charge is -2.07.